The summed E-state index contributed by atoms with van der Waals surface area (Å²) in [6, 6.07) is 13.7. The first kappa shape index (κ1) is 26.0. The standard InChI is InChI=1S/C23H28ClN5O2.HI/c1-17-4-5-19(22(12-17)31-11-10-30-3)15-27-23(25-2)26-13-18-14-28-29(16-18)21-8-6-20(24)7-9-21;/h4-9,12,14,16H,10-11,13,15H2,1-3H3,(H2,25,26,27);1H. The molecule has 0 radical (unpaired) electrons. The van der Waals surface area contributed by atoms with Crippen molar-refractivity contribution in [3.63, 3.8) is 0 Å². The summed E-state index contributed by atoms with van der Waals surface area (Å²) in [4.78, 5) is 4.31. The number of benzene rings is 2. The van der Waals surface area contributed by atoms with Crippen molar-refractivity contribution in [3.8, 4) is 11.4 Å². The third kappa shape index (κ3) is 7.68. The molecule has 0 amide bonds. The van der Waals surface area contributed by atoms with Crippen molar-refractivity contribution in [2.24, 2.45) is 4.99 Å². The second kappa shape index (κ2) is 13.3. The van der Waals surface area contributed by atoms with Crippen LogP contribution in [0.25, 0.3) is 5.69 Å². The Bertz CT molecular complexity index is 1010. The first-order valence-corrected chi connectivity index (χ1v) is 10.4. The lowest BCUT2D eigenvalue weighted by Crippen LogP contribution is -2.36. The number of aromatic nitrogens is 2. The maximum Gasteiger partial charge on any atom is 0.191 e. The van der Waals surface area contributed by atoms with Crippen molar-refractivity contribution in [3.05, 3.63) is 76.6 Å². The number of nitrogens with one attached hydrogen (secondary N) is 2. The maximum atomic E-state index is 5.95. The highest BCUT2D eigenvalue weighted by Gasteiger charge is 2.07. The highest BCUT2D eigenvalue weighted by atomic mass is 127. The molecule has 172 valence electrons. The first-order chi connectivity index (χ1) is 15.1. The monoisotopic (exact) mass is 569 g/mol. The Labute approximate surface area is 211 Å². The zero-order chi connectivity index (χ0) is 22.1. The number of aryl methyl sites for hydroxylation is 1. The average molecular weight is 570 g/mol. The molecule has 3 aromatic rings. The molecule has 7 nitrogen and oxygen atoms in total. The van der Waals surface area contributed by atoms with E-state index in [0.717, 1.165) is 28.1 Å². The van der Waals surface area contributed by atoms with Gasteiger partial charge < -0.3 is 20.1 Å². The molecule has 0 bridgehead atoms. The van der Waals surface area contributed by atoms with E-state index in [4.69, 9.17) is 21.1 Å². The molecule has 0 aliphatic heterocycles. The van der Waals surface area contributed by atoms with Crippen molar-refractivity contribution < 1.29 is 9.47 Å². The van der Waals surface area contributed by atoms with E-state index in [1.54, 1.807) is 14.2 Å². The summed E-state index contributed by atoms with van der Waals surface area (Å²) in [5.74, 6) is 1.55. The summed E-state index contributed by atoms with van der Waals surface area (Å²) in [6.45, 7) is 4.29. The fourth-order valence-electron chi connectivity index (χ4n) is 2.95. The SMILES string of the molecule is CN=C(NCc1cnn(-c2ccc(Cl)cc2)c1)NCc1ccc(C)cc1OCCOC.I. The normalized spacial score (nSPS) is 11.1. The Morgan fingerprint density at radius 3 is 2.56 bits per heavy atom. The van der Waals surface area contributed by atoms with Gasteiger partial charge in [-0.1, -0.05) is 23.7 Å². The smallest absolute Gasteiger partial charge is 0.191 e. The van der Waals surface area contributed by atoms with Crippen LogP contribution in [0, 0.1) is 6.92 Å². The van der Waals surface area contributed by atoms with Crippen molar-refractivity contribution >= 4 is 41.5 Å². The molecule has 0 saturated carbocycles. The summed E-state index contributed by atoms with van der Waals surface area (Å²) in [6.07, 6.45) is 3.81. The van der Waals surface area contributed by atoms with Gasteiger partial charge in [-0.25, -0.2) is 4.68 Å². The van der Waals surface area contributed by atoms with Crippen LogP contribution in [0.4, 0.5) is 0 Å². The van der Waals surface area contributed by atoms with E-state index in [1.807, 2.05) is 54.3 Å². The molecule has 3 rings (SSSR count). The molecule has 1 aromatic heterocycles. The number of nitrogens with zero attached hydrogens (tertiary/aromatic N) is 3. The van der Waals surface area contributed by atoms with E-state index in [0.29, 0.717) is 37.3 Å². The lowest BCUT2D eigenvalue weighted by atomic mass is 10.1. The molecule has 0 aliphatic carbocycles. The Morgan fingerprint density at radius 2 is 1.84 bits per heavy atom. The molecule has 2 N–H and O–H groups in total. The maximum absolute atomic E-state index is 5.95. The molecule has 0 fully saturated rings. The number of guanidine groups is 1. The van der Waals surface area contributed by atoms with Gasteiger partial charge in [-0.2, -0.15) is 5.10 Å². The fourth-order valence-corrected chi connectivity index (χ4v) is 3.07. The molecule has 9 heteroatoms. The van der Waals surface area contributed by atoms with E-state index in [1.165, 1.54) is 0 Å². The Hall–Kier alpha value is -2.30. The highest BCUT2D eigenvalue weighted by Crippen LogP contribution is 2.20. The van der Waals surface area contributed by atoms with Crippen LogP contribution in [0.1, 0.15) is 16.7 Å². The summed E-state index contributed by atoms with van der Waals surface area (Å²) < 4.78 is 12.8. The summed E-state index contributed by atoms with van der Waals surface area (Å²) >= 11 is 5.95. The van der Waals surface area contributed by atoms with Crippen LogP contribution in [0.15, 0.2) is 59.9 Å². The lowest BCUT2D eigenvalue weighted by Gasteiger charge is -2.15. The van der Waals surface area contributed by atoms with E-state index in [-0.39, 0.29) is 24.0 Å². The number of halogens is 2. The number of ether oxygens (including phenoxy) is 2. The van der Waals surface area contributed by atoms with Crippen molar-refractivity contribution in [1.29, 1.82) is 0 Å². The van der Waals surface area contributed by atoms with Gasteiger partial charge >= 0.3 is 0 Å². The van der Waals surface area contributed by atoms with E-state index >= 15 is 0 Å². The molecule has 0 atom stereocenters. The van der Waals surface area contributed by atoms with Gasteiger partial charge in [0.1, 0.15) is 12.4 Å². The minimum Gasteiger partial charge on any atom is -0.491 e. The highest BCUT2D eigenvalue weighted by molar-refractivity contribution is 14.0. The molecular formula is C23H29ClIN5O2. The number of hydrogen-bond acceptors (Lipinski definition) is 4. The Morgan fingerprint density at radius 1 is 1.09 bits per heavy atom. The number of rotatable bonds is 9. The quantitative estimate of drug-likeness (QED) is 0.174. The number of aliphatic imine (C=N–C) groups is 1. The van der Waals surface area contributed by atoms with Gasteiger partial charge in [0.15, 0.2) is 5.96 Å². The van der Waals surface area contributed by atoms with Gasteiger partial charge in [0, 0.05) is 49.6 Å². The Balaban J connectivity index is 0.00000363. The second-order valence-corrected chi connectivity index (χ2v) is 7.44. The van der Waals surface area contributed by atoms with Crippen LogP contribution >= 0.6 is 35.6 Å². The van der Waals surface area contributed by atoms with Gasteiger partial charge in [0.25, 0.3) is 0 Å². The zero-order valence-corrected chi connectivity index (χ0v) is 21.6. The summed E-state index contributed by atoms with van der Waals surface area (Å²) in [5, 5.41) is 11.8. The molecule has 0 saturated heterocycles. The zero-order valence-electron chi connectivity index (χ0n) is 18.5. The number of methoxy groups -OCH3 is 1. The van der Waals surface area contributed by atoms with Crippen molar-refractivity contribution in [2.45, 2.75) is 20.0 Å². The van der Waals surface area contributed by atoms with Crippen molar-refractivity contribution in [1.82, 2.24) is 20.4 Å². The minimum absolute atomic E-state index is 0. The average Bonchev–Trinajstić information content (AvgIpc) is 3.24. The van der Waals surface area contributed by atoms with Gasteiger partial charge in [-0.05, 0) is 42.8 Å². The van der Waals surface area contributed by atoms with Crippen LogP contribution < -0.4 is 15.4 Å². The second-order valence-electron chi connectivity index (χ2n) is 7.00. The van der Waals surface area contributed by atoms with Crippen LogP contribution in [0.5, 0.6) is 5.75 Å². The molecular weight excluding hydrogens is 541 g/mol. The minimum atomic E-state index is 0. The van der Waals surface area contributed by atoms with E-state index in [9.17, 15) is 0 Å². The van der Waals surface area contributed by atoms with Gasteiger partial charge in [0.05, 0.1) is 18.5 Å². The molecule has 0 spiro atoms. The first-order valence-electron chi connectivity index (χ1n) is 10.0. The van der Waals surface area contributed by atoms with Gasteiger partial charge in [-0.3, -0.25) is 4.99 Å². The third-order valence-electron chi connectivity index (χ3n) is 4.62. The predicted molar refractivity (Wildman–Crippen MR) is 140 cm³/mol. The molecule has 2 aromatic carbocycles. The van der Waals surface area contributed by atoms with Gasteiger partial charge in [0.2, 0.25) is 0 Å². The Kier molecular flexibility index (Phi) is 10.8. The summed E-state index contributed by atoms with van der Waals surface area (Å²) in [5.41, 5.74) is 4.20. The number of hydrogen-bond donors (Lipinski definition) is 2. The summed E-state index contributed by atoms with van der Waals surface area (Å²) in [7, 11) is 3.41. The van der Waals surface area contributed by atoms with Crippen LogP contribution in [0.2, 0.25) is 5.02 Å². The lowest BCUT2D eigenvalue weighted by molar-refractivity contribution is 0.145. The van der Waals surface area contributed by atoms with Crippen LogP contribution in [0.3, 0.4) is 0 Å². The van der Waals surface area contributed by atoms with Crippen LogP contribution in [-0.4, -0.2) is 43.1 Å². The van der Waals surface area contributed by atoms with Crippen molar-refractivity contribution in [2.75, 3.05) is 27.4 Å². The molecule has 1 heterocycles. The molecule has 0 aliphatic rings. The fraction of sp³-hybridized carbons (Fsp3) is 0.304. The van der Waals surface area contributed by atoms with Crippen LogP contribution in [-0.2, 0) is 17.8 Å². The van der Waals surface area contributed by atoms with E-state index < -0.39 is 0 Å². The topological polar surface area (TPSA) is 72.7 Å². The predicted octanol–water partition coefficient (Wildman–Crippen LogP) is 4.34. The largest absolute Gasteiger partial charge is 0.491 e. The molecule has 32 heavy (non-hydrogen) atoms. The molecule has 0 unspecified atom stereocenters. The van der Waals surface area contributed by atoms with E-state index in [2.05, 4.69) is 32.9 Å². The third-order valence-corrected chi connectivity index (χ3v) is 4.88. The van der Waals surface area contributed by atoms with Gasteiger partial charge in [-0.15, -0.1) is 24.0 Å².